The molecule has 0 saturated heterocycles. The average molecular weight is 534 g/mol. The third-order valence-corrected chi connectivity index (χ3v) is 9.57. The van der Waals surface area contributed by atoms with Gasteiger partial charge in [-0.2, -0.15) is 0 Å². The number of hydrogen-bond acceptors (Lipinski definition) is 2. The summed E-state index contributed by atoms with van der Waals surface area (Å²) in [6.45, 7) is 19.6. The van der Waals surface area contributed by atoms with Crippen LogP contribution in [0.5, 0.6) is 0 Å². The molecule has 3 nitrogen and oxygen atoms in total. The van der Waals surface area contributed by atoms with Crippen molar-refractivity contribution >= 4 is 35.5 Å². The zero-order valence-corrected chi connectivity index (χ0v) is 24.0. The molecule has 0 radical (unpaired) electrons. The van der Waals surface area contributed by atoms with Gasteiger partial charge in [-0.15, -0.1) is 0 Å². The summed E-state index contributed by atoms with van der Waals surface area (Å²) in [4.78, 5) is 4.86. The van der Waals surface area contributed by atoms with Crippen molar-refractivity contribution < 1.29 is 0 Å². The van der Waals surface area contributed by atoms with E-state index in [1.807, 2.05) is 0 Å². The van der Waals surface area contributed by atoms with E-state index in [-0.39, 0.29) is 14.5 Å². The Kier molecular flexibility index (Phi) is 8.36. The maximum atomic E-state index is 2.46. The van der Waals surface area contributed by atoms with Crippen LogP contribution in [0.3, 0.4) is 0 Å². The number of hydrogen-bond donors (Lipinski definition) is 0. The van der Waals surface area contributed by atoms with Crippen LogP contribution < -0.4 is 19.7 Å². The molecule has 0 amide bonds. The van der Waals surface area contributed by atoms with Crippen LogP contribution in [0.25, 0.3) is 30.8 Å². The van der Waals surface area contributed by atoms with Crippen molar-refractivity contribution in [1.82, 2.24) is 4.58 Å². The fraction of sp³-hybridized carbons (Fsp3) is 0.387. The summed E-state index contributed by atoms with van der Waals surface area (Å²) in [5, 5.41) is 2.75. The Balaban J connectivity index is 2.00. The number of rotatable bonds is 9. The second kappa shape index (κ2) is 11.5. The molecule has 184 valence electrons. The third-order valence-electron chi connectivity index (χ3n) is 7.23. The van der Waals surface area contributed by atoms with Crippen LogP contribution in [-0.4, -0.2) is 53.8 Å². The zero-order chi connectivity index (χ0) is 24.9. The van der Waals surface area contributed by atoms with Crippen molar-refractivity contribution in [3.05, 3.63) is 66.0 Å². The molecular weight excluding hydrogens is 493 g/mol. The van der Waals surface area contributed by atoms with Crippen LogP contribution in [0, 0.1) is 0 Å². The van der Waals surface area contributed by atoms with Gasteiger partial charge in [-0.05, 0) is 0 Å². The van der Waals surface area contributed by atoms with Gasteiger partial charge in [0.25, 0.3) is 0 Å². The van der Waals surface area contributed by atoms with E-state index in [1.54, 1.807) is 0 Å². The van der Waals surface area contributed by atoms with Crippen LogP contribution in [0.4, 0.5) is 11.4 Å². The zero-order valence-electron chi connectivity index (χ0n) is 22.3. The van der Waals surface area contributed by atoms with Crippen molar-refractivity contribution in [3.63, 3.8) is 0 Å². The molecule has 2 aromatic rings. The van der Waals surface area contributed by atoms with Gasteiger partial charge in [-0.1, -0.05) is 0 Å². The summed E-state index contributed by atoms with van der Waals surface area (Å²) in [6.07, 6.45) is 0. The molecule has 2 aliphatic rings. The van der Waals surface area contributed by atoms with Crippen molar-refractivity contribution in [3.8, 4) is 21.1 Å². The van der Waals surface area contributed by atoms with E-state index in [0.29, 0.717) is 0 Å². The minimum atomic E-state index is 0.279. The molecule has 0 bridgehead atoms. The molecule has 2 aromatic carbocycles. The molecule has 0 aromatic heterocycles. The summed E-state index contributed by atoms with van der Waals surface area (Å²) in [6, 6.07) is 23.5. The summed E-state index contributed by atoms with van der Waals surface area (Å²) in [5.74, 6) is 0. The summed E-state index contributed by atoms with van der Waals surface area (Å²) in [5.41, 5.74) is 6.74. The summed E-state index contributed by atoms with van der Waals surface area (Å²) >= 11 is 0.279. The first-order valence-corrected chi connectivity index (χ1v) is 15.0. The minimum absolute atomic E-state index is 0.279. The molecule has 35 heavy (non-hydrogen) atoms. The molecular formula is C31H40N3Se+. The van der Waals surface area contributed by atoms with Crippen molar-refractivity contribution in [1.29, 1.82) is 0 Å². The quantitative estimate of drug-likeness (QED) is 0.145. The van der Waals surface area contributed by atoms with Crippen molar-refractivity contribution in [2.45, 2.75) is 41.5 Å². The molecule has 1 heterocycles. The van der Waals surface area contributed by atoms with Crippen LogP contribution in [0.2, 0.25) is 0 Å². The SMILES string of the molecule is CCN(CC)c1ccc(-c2c3ccc(=[N+](CC)CC)cc-3[se]c3cc(N(CC)CC)ccc23)cc1. The monoisotopic (exact) mass is 534 g/mol. The number of nitrogens with zero attached hydrogens (tertiary/aromatic N) is 3. The number of anilines is 2. The predicted octanol–water partition coefficient (Wildman–Crippen LogP) is 6.17. The van der Waals surface area contributed by atoms with Crippen molar-refractivity contribution in [2.24, 2.45) is 0 Å². The Bertz CT molecular complexity index is 1310. The van der Waals surface area contributed by atoms with Crippen LogP contribution in [0.15, 0.2) is 60.7 Å². The Hall–Kier alpha value is -2.55. The Morgan fingerprint density at radius 2 is 1.26 bits per heavy atom. The van der Waals surface area contributed by atoms with Gasteiger partial charge in [0.15, 0.2) is 0 Å². The van der Waals surface area contributed by atoms with E-state index in [4.69, 9.17) is 0 Å². The molecule has 0 saturated carbocycles. The van der Waals surface area contributed by atoms with E-state index in [1.165, 1.54) is 47.5 Å². The van der Waals surface area contributed by atoms with Crippen LogP contribution in [-0.2, 0) is 0 Å². The van der Waals surface area contributed by atoms with Gasteiger partial charge >= 0.3 is 218 Å². The van der Waals surface area contributed by atoms with Gasteiger partial charge in [-0.25, -0.2) is 0 Å². The van der Waals surface area contributed by atoms with E-state index in [2.05, 4.69) is 117 Å². The first kappa shape index (κ1) is 25.5. The standard InChI is InChI=1S/C31H40N3Se/c1-7-32(8-2)24-15-13-23(14-16-24)31-27-19-17-25(33(9-3)10-4)21-29(27)35-30-22-26(18-20-28(30)31)34(11-5)12-6/h13-22H,7-12H2,1-6H3/q+1. The predicted molar refractivity (Wildman–Crippen MR) is 156 cm³/mol. The van der Waals surface area contributed by atoms with Crippen LogP contribution in [0.1, 0.15) is 41.5 Å². The first-order valence-electron chi connectivity index (χ1n) is 13.3. The fourth-order valence-electron chi connectivity index (χ4n) is 5.18. The molecule has 0 fully saturated rings. The van der Waals surface area contributed by atoms with E-state index >= 15 is 0 Å². The molecule has 0 atom stereocenters. The summed E-state index contributed by atoms with van der Waals surface area (Å²) in [7, 11) is 0. The van der Waals surface area contributed by atoms with E-state index in [9.17, 15) is 0 Å². The first-order chi connectivity index (χ1) is 17.1. The van der Waals surface area contributed by atoms with Gasteiger partial charge in [0.05, 0.1) is 0 Å². The molecule has 0 unspecified atom stereocenters. The molecule has 4 heteroatoms. The second-order valence-corrected chi connectivity index (χ2v) is 11.2. The van der Waals surface area contributed by atoms with E-state index < -0.39 is 0 Å². The van der Waals surface area contributed by atoms with Gasteiger partial charge < -0.3 is 0 Å². The molecule has 1 aliphatic heterocycles. The Morgan fingerprint density at radius 1 is 0.657 bits per heavy atom. The normalized spacial score (nSPS) is 11.3. The number of benzene rings is 3. The third kappa shape index (κ3) is 5.06. The van der Waals surface area contributed by atoms with Crippen LogP contribution >= 0.6 is 0 Å². The Labute approximate surface area is 217 Å². The summed E-state index contributed by atoms with van der Waals surface area (Å²) < 4.78 is 5.44. The van der Waals surface area contributed by atoms with Gasteiger partial charge in [0, 0.05) is 0 Å². The van der Waals surface area contributed by atoms with Crippen molar-refractivity contribution in [2.75, 3.05) is 49.1 Å². The number of fused-ring (bicyclic) bond motifs is 2. The molecule has 0 N–H and O–H groups in total. The molecule has 4 rings (SSSR count). The van der Waals surface area contributed by atoms with Gasteiger partial charge in [-0.3, -0.25) is 0 Å². The van der Waals surface area contributed by atoms with Gasteiger partial charge in [0.2, 0.25) is 0 Å². The van der Waals surface area contributed by atoms with E-state index in [0.717, 1.165) is 39.3 Å². The second-order valence-electron chi connectivity index (χ2n) is 8.90. The average Bonchev–Trinajstić information content (AvgIpc) is 2.90. The Morgan fingerprint density at radius 3 is 1.86 bits per heavy atom. The fourth-order valence-corrected chi connectivity index (χ4v) is 7.60. The topological polar surface area (TPSA) is 9.49 Å². The van der Waals surface area contributed by atoms with Gasteiger partial charge in [0.1, 0.15) is 0 Å². The maximum absolute atomic E-state index is 2.46. The molecule has 0 spiro atoms. The molecule has 1 aliphatic carbocycles.